The number of rotatable bonds is 8. The topological polar surface area (TPSA) is 72.8 Å². The van der Waals surface area contributed by atoms with Gasteiger partial charge in [0.2, 0.25) is 0 Å². The molecule has 2 aliphatic rings. The standard InChI is InChI=1S/C22H28O5/c1-2-3-5-10-16(23)11-12-17-18-13-21(24)26-20(18)14-19(17)27-22(25)15-8-6-4-7-9-15/h4,6-9,11-12,16-20,23H,2-3,5,10,13-14H2,1H3/b12-11+/t16-,17+,18-,19-,20+/m1/s1. The number of aliphatic hydroxyl groups is 1. The molecular weight excluding hydrogens is 344 g/mol. The van der Waals surface area contributed by atoms with Crippen molar-refractivity contribution in [3.63, 3.8) is 0 Å². The largest absolute Gasteiger partial charge is 0.462 e. The molecule has 1 N–H and O–H groups in total. The second-order valence-electron chi connectivity index (χ2n) is 7.47. The summed E-state index contributed by atoms with van der Waals surface area (Å²) >= 11 is 0. The average molecular weight is 372 g/mol. The fourth-order valence-corrected chi connectivity index (χ4v) is 4.03. The summed E-state index contributed by atoms with van der Waals surface area (Å²) in [4.78, 5) is 24.1. The summed E-state index contributed by atoms with van der Waals surface area (Å²) in [6.07, 6.45) is 7.39. The Bertz CT molecular complexity index is 669. The van der Waals surface area contributed by atoms with Crippen molar-refractivity contribution in [1.29, 1.82) is 0 Å². The Hall–Kier alpha value is -2.14. The molecule has 3 rings (SSSR count). The first kappa shape index (κ1) is 19.6. The third-order valence-corrected chi connectivity index (χ3v) is 5.48. The summed E-state index contributed by atoms with van der Waals surface area (Å²) in [5.41, 5.74) is 0.508. The highest BCUT2D eigenvalue weighted by Gasteiger charge is 2.50. The van der Waals surface area contributed by atoms with Crippen LogP contribution in [0.25, 0.3) is 0 Å². The van der Waals surface area contributed by atoms with Crippen molar-refractivity contribution in [1.82, 2.24) is 0 Å². The minimum Gasteiger partial charge on any atom is -0.462 e. The first-order valence-electron chi connectivity index (χ1n) is 9.90. The van der Waals surface area contributed by atoms with Crippen molar-refractivity contribution in [2.45, 2.75) is 63.8 Å². The number of esters is 2. The number of benzene rings is 1. The van der Waals surface area contributed by atoms with Gasteiger partial charge in [-0.15, -0.1) is 0 Å². The molecule has 0 unspecified atom stereocenters. The maximum Gasteiger partial charge on any atom is 0.338 e. The van der Waals surface area contributed by atoms with Crippen LogP contribution in [0, 0.1) is 11.8 Å². The van der Waals surface area contributed by atoms with Crippen LogP contribution < -0.4 is 0 Å². The van der Waals surface area contributed by atoms with Crippen molar-refractivity contribution in [3.05, 3.63) is 48.0 Å². The molecule has 2 fully saturated rings. The third-order valence-electron chi connectivity index (χ3n) is 5.48. The predicted molar refractivity (Wildman–Crippen MR) is 101 cm³/mol. The second-order valence-corrected chi connectivity index (χ2v) is 7.47. The quantitative estimate of drug-likeness (QED) is 0.428. The van der Waals surface area contributed by atoms with Gasteiger partial charge in [0, 0.05) is 18.3 Å². The number of aliphatic hydroxyl groups excluding tert-OH is 1. The highest BCUT2D eigenvalue weighted by atomic mass is 16.6. The smallest absolute Gasteiger partial charge is 0.338 e. The van der Waals surface area contributed by atoms with Gasteiger partial charge in [-0.05, 0) is 18.6 Å². The first-order valence-corrected chi connectivity index (χ1v) is 9.90. The van der Waals surface area contributed by atoms with Gasteiger partial charge in [0.25, 0.3) is 0 Å². The molecule has 0 bridgehead atoms. The van der Waals surface area contributed by atoms with E-state index in [0.717, 1.165) is 25.7 Å². The van der Waals surface area contributed by atoms with Gasteiger partial charge in [0.15, 0.2) is 0 Å². The number of hydrogen-bond donors (Lipinski definition) is 1. The fourth-order valence-electron chi connectivity index (χ4n) is 4.03. The molecule has 1 saturated carbocycles. The highest BCUT2D eigenvalue weighted by Crippen LogP contribution is 2.43. The molecule has 1 aliphatic carbocycles. The Morgan fingerprint density at radius 2 is 2.11 bits per heavy atom. The fraction of sp³-hybridized carbons (Fsp3) is 0.545. The number of unbranched alkanes of at least 4 members (excludes halogenated alkanes) is 2. The molecule has 1 heterocycles. The number of ether oxygens (including phenoxy) is 2. The van der Waals surface area contributed by atoms with E-state index in [0.29, 0.717) is 18.4 Å². The van der Waals surface area contributed by atoms with Crippen LogP contribution in [0.5, 0.6) is 0 Å². The third kappa shape index (κ3) is 4.98. The van der Waals surface area contributed by atoms with E-state index in [9.17, 15) is 14.7 Å². The SMILES string of the molecule is CCCCC[C@@H](O)/C=C/[C@H]1[C@H]2CC(=O)O[C@H]2C[C@H]1OC(=O)c1ccccc1. The Kier molecular flexibility index (Phi) is 6.67. The molecule has 5 nitrogen and oxygen atoms in total. The molecule has 1 aliphatic heterocycles. The zero-order valence-corrected chi connectivity index (χ0v) is 15.8. The minimum atomic E-state index is -0.515. The van der Waals surface area contributed by atoms with Crippen molar-refractivity contribution >= 4 is 11.9 Å². The van der Waals surface area contributed by atoms with Crippen LogP contribution in [0.2, 0.25) is 0 Å². The number of fused-ring (bicyclic) bond motifs is 1. The van der Waals surface area contributed by atoms with E-state index in [-0.39, 0.29) is 36.0 Å². The van der Waals surface area contributed by atoms with E-state index in [1.54, 1.807) is 30.3 Å². The van der Waals surface area contributed by atoms with Gasteiger partial charge in [0.1, 0.15) is 12.2 Å². The molecule has 1 saturated heterocycles. The molecule has 146 valence electrons. The summed E-state index contributed by atoms with van der Waals surface area (Å²) in [6.45, 7) is 2.13. The van der Waals surface area contributed by atoms with Crippen LogP contribution >= 0.6 is 0 Å². The van der Waals surface area contributed by atoms with Crippen molar-refractivity contribution < 1.29 is 24.2 Å². The molecule has 1 aromatic carbocycles. The second kappa shape index (κ2) is 9.18. The zero-order chi connectivity index (χ0) is 19.2. The van der Waals surface area contributed by atoms with Gasteiger partial charge in [0.05, 0.1) is 18.1 Å². The monoisotopic (exact) mass is 372 g/mol. The van der Waals surface area contributed by atoms with Crippen LogP contribution in [0.1, 0.15) is 55.8 Å². The van der Waals surface area contributed by atoms with Gasteiger partial charge in [-0.3, -0.25) is 4.79 Å². The number of carbonyl (C=O) groups excluding carboxylic acids is 2. The lowest BCUT2D eigenvalue weighted by Crippen LogP contribution is -2.25. The molecular formula is C22H28O5. The normalized spacial score (nSPS) is 28.1. The van der Waals surface area contributed by atoms with E-state index in [1.165, 1.54) is 0 Å². The highest BCUT2D eigenvalue weighted by molar-refractivity contribution is 5.89. The zero-order valence-electron chi connectivity index (χ0n) is 15.8. The predicted octanol–water partition coefficient (Wildman–Crippen LogP) is 3.66. The minimum absolute atomic E-state index is 0.00478. The molecule has 5 heteroatoms. The van der Waals surface area contributed by atoms with Crippen molar-refractivity contribution in [2.75, 3.05) is 0 Å². The molecule has 0 amide bonds. The molecule has 0 spiro atoms. The molecule has 27 heavy (non-hydrogen) atoms. The van der Waals surface area contributed by atoms with Gasteiger partial charge in [-0.25, -0.2) is 4.79 Å². The lowest BCUT2D eigenvalue weighted by atomic mass is 9.91. The number of hydrogen-bond acceptors (Lipinski definition) is 5. The molecule has 5 atom stereocenters. The molecule has 0 aromatic heterocycles. The van der Waals surface area contributed by atoms with Crippen LogP contribution in [-0.4, -0.2) is 35.4 Å². The van der Waals surface area contributed by atoms with Crippen LogP contribution in [-0.2, 0) is 14.3 Å². The van der Waals surface area contributed by atoms with Crippen LogP contribution in [0.3, 0.4) is 0 Å². The van der Waals surface area contributed by atoms with E-state index in [1.807, 2.05) is 12.1 Å². The molecule has 0 radical (unpaired) electrons. The summed E-state index contributed by atoms with van der Waals surface area (Å²) < 4.78 is 11.1. The summed E-state index contributed by atoms with van der Waals surface area (Å²) in [5, 5.41) is 10.2. The van der Waals surface area contributed by atoms with Gasteiger partial charge >= 0.3 is 11.9 Å². The summed E-state index contributed by atoms with van der Waals surface area (Å²) in [6, 6.07) is 8.89. The van der Waals surface area contributed by atoms with E-state index >= 15 is 0 Å². The average Bonchev–Trinajstić information content (AvgIpc) is 3.16. The van der Waals surface area contributed by atoms with Gasteiger partial charge < -0.3 is 14.6 Å². The van der Waals surface area contributed by atoms with E-state index in [2.05, 4.69) is 6.92 Å². The van der Waals surface area contributed by atoms with E-state index in [4.69, 9.17) is 9.47 Å². The Morgan fingerprint density at radius 1 is 1.33 bits per heavy atom. The van der Waals surface area contributed by atoms with Gasteiger partial charge in [-0.2, -0.15) is 0 Å². The van der Waals surface area contributed by atoms with Crippen LogP contribution in [0.15, 0.2) is 42.5 Å². The summed E-state index contributed by atoms with van der Waals surface area (Å²) in [5.74, 6) is -0.673. The first-order chi connectivity index (χ1) is 13.1. The Morgan fingerprint density at radius 3 is 2.85 bits per heavy atom. The molecule has 1 aromatic rings. The van der Waals surface area contributed by atoms with Crippen LogP contribution in [0.4, 0.5) is 0 Å². The Labute approximate surface area is 160 Å². The Balaban J connectivity index is 1.66. The lowest BCUT2D eigenvalue weighted by molar-refractivity contribution is -0.141. The summed E-state index contributed by atoms with van der Waals surface area (Å²) in [7, 11) is 0. The maximum atomic E-state index is 12.4. The number of carbonyl (C=O) groups is 2. The van der Waals surface area contributed by atoms with Gasteiger partial charge in [-0.1, -0.05) is 56.5 Å². The van der Waals surface area contributed by atoms with Crippen molar-refractivity contribution in [2.24, 2.45) is 11.8 Å². The van der Waals surface area contributed by atoms with E-state index < -0.39 is 6.10 Å². The van der Waals surface area contributed by atoms with Crippen molar-refractivity contribution in [3.8, 4) is 0 Å². The maximum absolute atomic E-state index is 12.4. The lowest BCUT2D eigenvalue weighted by Gasteiger charge is -2.20.